The number of benzene rings is 2. The van der Waals surface area contributed by atoms with Crippen LogP contribution in [0.5, 0.6) is 0 Å². The third-order valence-electron chi connectivity index (χ3n) is 2.90. The Bertz CT molecular complexity index is 622. The molecule has 0 amide bonds. The highest BCUT2D eigenvalue weighted by Gasteiger charge is 2.15. The summed E-state index contributed by atoms with van der Waals surface area (Å²) in [6, 6.07) is 8.55. The Balaban J connectivity index is 2.67. The summed E-state index contributed by atoms with van der Waals surface area (Å²) in [6.45, 7) is 2.28. The summed E-state index contributed by atoms with van der Waals surface area (Å²) in [5.41, 5.74) is 1.60. The molecule has 0 bridgehead atoms. The lowest BCUT2D eigenvalue weighted by Crippen LogP contribution is -1.97. The van der Waals surface area contributed by atoms with Gasteiger partial charge in [-0.2, -0.15) is 0 Å². The number of nitro groups is 1. The van der Waals surface area contributed by atoms with Crippen LogP contribution < -0.4 is 0 Å². The number of hydrogen-bond donors (Lipinski definition) is 0. The van der Waals surface area contributed by atoms with Crippen LogP contribution in [0.25, 0.3) is 10.8 Å². The van der Waals surface area contributed by atoms with Gasteiger partial charge in [0.2, 0.25) is 0 Å². The van der Waals surface area contributed by atoms with Crippen LogP contribution in [0.2, 0.25) is 0 Å². The van der Waals surface area contributed by atoms with Crippen molar-refractivity contribution in [2.24, 2.45) is 0 Å². The van der Waals surface area contributed by atoms with E-state index in [1.807, 2.05) is 12.1 Å². The first-order valence-corrected chi connectivity index (χ1v) is 5.36. The maximum atomic E-state index is 11.0. The van der Waals surface area contributed by atoms with E-state index in [9.17, 15) is 14.9 Å². The molecule has 0 fully saturated rings. The SMILES string of the molecule is Cc1c(COC=O)ccc2cccc([N+](=O)[O-])c12. The molecule has 0 heterocycles. The summed E-state index contributed by atoms with van der Waals surface area (Å²) >= 11 is 0. The minimum atomic E-state index is -0.403. The fourth-order valence-electron chi connectivity index (χ4n) is 2.01. The van der Waals surface area contributed by atoms with Crippen LogP contribution in [-0.4, -0.2) is 11.4 Å². The van der Waals surface area contributed by atoms with Crippen LogP contribution in [0.15, 0.2) is 30.3 Å². The van der Waals surface area contributed by atoms with E-state index in [0.29, 0.717) is 11.9 Å². The van der Waals surface area contributed by atoms with Crippen LogP contribution in [0.1, 0.15) is 11.1 Å². The quantitative estimate of drug-likeness (QED) is 0.471. The predicted octanol–water partition coefficient (Wildman–Crippen LogP) is 2.73. The van der Waals surface area contributed by atoms with E-state index in [0.717, 1.165) is 16.5 Å². The van der Waals surface area contributed by atoms with Crippen LogP contribution in [0.3, 0.4) is 0 Å². The number of hydrogen-bond acceptors (Lipinski definition) is 4. The minimum Gasteiger partial charge on any atom is -0.463 e. The molecule has 0 aromatic heterocycles. The van der Waals surface area contributed by atoms with E-state index in [4.69, 9.17) is 4.74 Å². The summed E-state index contributed by atoms with van der Waals surface area (Å²) in [5.74, 6) is 0. The molecule has 0 aliphatic heterocycles. The van der Waals surface area contributed by atoms with Gasteiger partial charge in [0.1, 0.15) is 6.61 Å². The topological polar surface area (TPSA) is 69.4 Å². The van der Waals surface area contributed by atoms with Gasteiger partial charge in [-0.1, -0.05) is 24.3 Å². The average Bonchev–Trinajstić information content (AvgIpc) is 2.37. The van der Waals surface area contributed by atoms with Crippen molar-refractivity contribution in [2.45, 2.75) is 13.5 Å². The zero-order chi connectivity index (χ0) is 13.1. The van der Waals surface area contributed by atoms with E-state index in [1.54, 1.807) is 19.1 Å². The summed E-state index contributed by atoms with van der Waals surface area (Å²) in [7, 11) is 0. The Morgan fingerprint density at radius 1 is 1.33 bits per heavy atom. The molecule has 0 spiro atoms. The lowest BCUT2D eigenvalue weighted by molar-refractivity contribution is -0.383. The molecule has 0 saturated carbocycles. The second kappa shape index (κ2) is 4.83. The first-order valence-electron chi connectivity index (χ1n) is 5.36. The maximum Gasteiger partial charge on any atom is 0.293 e. The first kappa shape index (κ1) is 12.0. The zero-order valence-corrected chi connectivity index (χ0v) is 9.75. The van der Waals surface area contributed by atoms with Gasteiger partial charge in [0.25, 0.3) is 12.2 Å². The van der Waals surface area contributed by atoms with Gasteiger partial charge in [0, 0.05) is 6.07 Å². The standard InChI is InChI=1S/C13H11NO4/c1-9-11(7-18-8-15)6-5-10-3-2-4-12(13(9)10)14(16)17/h2-6,8H,7H2,1H3. The Morgan fingerprint density at radius 3 is 2.78 bits per heavy atom. The number of nitro benzene ring substituents is 1. The molecule has 0 atom stereocenters. The van der Waals surface area contributed by atoms with Gasteiger partial charge in [-0.15, -0.1) is 0 Å². The van der Waals surface area contributed by atoms with E-state index < -0.39 is 4.92 Å². The zero-order valence-electron chi connectivity index (χ0n) is 9.75. The molecule has 2 rings (SSSR count). The van der Waals surface area contributed by atoms with Crippen molar-refractivity contribution >= 4 is 22.9 Å². The third kappa shape index (κ3) is 2.02. The Labute approximate surface area is 103 Å². The maximum absolute atomic E-state index is 11.0. The van der Waals surface area contributed by atoms with E-state index in [1.165, 1.54) is 6.07 Å². The fraction of sp³-hybridized carbons (Fsp3) is 0.154. The van der Waals surface area contributed by atoms with Crippen LogP contribution in [0, 0.1) is 17.0 Å². The normalized spacial score (nSPS) is 10.3. The number of ether oxygens (including phenoxy) is 1. The molecule has 0 radical (unpaired) electrons. The molecule has 5 nitrogen and oxygen atoms in total. The highest BCUT2D eigenvalue weighted by molar-refractivity contribution is 5.94. The highest BCUT2D eigenvalue weighted by Crippen LogP contribution is 2.30. The van der Waals surface area contributed by atoms with Crippen molar-refractivity contribution in [1.82, 2.24) is 0 Å². The van der Waals surface area contributed by atoms with Gasteiger partial charge < -0.3 is 4.74 Å². The van der Waals surface area contributed by atoms with Crippen molar-refractivity contribution in [3.63, 3.8) is 0 Å². The van der Waals surface area contributed by atoms with E-state index in [2.05, 4.69) is 0 Å². The molecule has 0 aliphatic rings. The Hall–Kier alpha value is -2.43. The van der Waals surface area contributed by atoms with Crippen LogP contribution in [0.4, 0.5) is 5.69 Å². The molecule has 2 aromatic carbocycles. The molecular weight excluding hydrogens is 234 g/mol. The lowest BCUT2D eigenvalue weighted by Gasteiger charge is -2.08. The first-order chi connectivity index (χ1) is 8.65. The minimum absolute atomic E-state index is 0.0675. The fourth-order valence-corrected chi connectivity index (χ4v) is 2.01. The second-order valence-electron chi connectivity index (χ2n) is 3.89. The number of aryl methyl sites for hydroxylation is 1. The predicted molar refractivity (Wildman–Crippen MR) is 66.2 cm³/mol. The van der Waals surface area contributed by atoms with Gasteiger partial charge in [-0.3, -0.25) is 14.9 Å². The van der Waals surface area contributed by atoms with E-state index in [-0.39, 0.29) is 12.3 Å². The number of non-ortho nitro benzene ring substituents is 1. The summed E-state index contributed by atoms with van der Waals surface area (Å²) in [5, 5.41) is 12.4. The van der Waals surface area contributed by atoms with Gasteiger partial charge >= 0.3 is 0 Å². The monoisotopic (exact) mass is 245 g/mol. The molecular formula is C13H11NO4. The van der Waals surface area contributed by atoms with E-state index >= 15 is 0 Å². The van der Waals surface area contributed by atoms with Crippen LogP contribution in [-0.2, 0) is 16.1 Å². The van der Waals surface area contributed by atoms with Gasteiger partial charge in [-0.25, -0.2) is 0 Å². The molecule has 5 heteroatoms. The smallest absolute Gasteiger partial charge is 0.293 e. The number of fused-ring (bicyclic) bond motifs is 1. The number of nitrogens with zero attached hydrogens (tertiary/aromatic N) is 1. The summed E-state index contributed by atoms with van der Waals surface area (Å²) in [4.78, 5) is 20.8. The van der Waals surface area contributed by atoms with Crippen molar-refractivity contribution in [2.75, 3.05) is 0 Å². The Morgan fingerprint density at radius 2 is 2.11 bits per heavy atom. The number of carbonyl (C=O) groups excluding carboxylic acids is 1. The van der Waals surface area contributed by atoms with Gasteiger partial charge in [0.15, 0.2) is 0 Å². The Kier molecular flexibility index (Phi) is 3.23. The molecule has 92 valence electrons. The third-order valence-corrected chi connectivity index (χ3v) is 2.90. The average molecular weight is 245 g/mol. The molecule has 0 saturated heterocycles. The van der Waals surface area contributed by atoms with Crippen molar-refractivity contribution in [3.05, 3.63) is 51.6 Å². The molecule has 0 unspecified atom stereocenters. The lowest BCUT2D eigenvalue weighted by atomic mass is 9.99. The number of rotatable bonds is 4. The van der Waals surface area contributed by atoms with Gasteiger partial charge in [-0.05, 0) is 23.4 Å². The summed E-state index contributed by atoms with van der Waals surface area (Å²) in [6.07, 6.45) is 0. The number of carbonyl (C=O) groups is 1. The van der Waals surface area contributed by atoms with Crippen LogP contribution >= 0.6 is 0 Å². The molecule has 0 aliphatic carbocycles. The molecule has 18 heavy (non-hydrogen) atoms. The highest BCUT2D eigenvalue weighted by atomic mass is 16.6. The van der Waals surface area contributed by atoms with Gasteiger partial charge in [0.05, 0.1) is 10.3 Å². The van der Waals surface area contributed by atoms with Crippen molar-refractivity contribution in [1.29, 1.82) is 0 Å². The molecule has 2 aromatic rings. The molecule has 0 N–H and O–H groups in total. The second-order valence-corrected chi connectivity index (χ2v) is 3.89. The summed E-state index contributed by atoms with van der Waals surface area (Å²) < 4.78 is 4.70. The largest absolute Gasteiger partial charge is 0.463 e. The van der Waals surface area contributed by atoms with Crippen molar-refractivity contribution in [3.8, 4) is 0 Å². The van der Waals surface area contributed by atoms with Crippen molar-refractivity contribution < 1.29 is 14.5 Å².